The molecular weight excluding hydrogens is 308 g/mol. The third-order valence-corrected chi connectivity index (χ3v) is 5.28. The predicted octanol–water partition coefficient (Wildman–Crippen LogP) is 3.59. The van der Waals surface area contributed by atoms with Gasteiger partial charge in [0, 0.05) is 30.1 Å². The van der Waals surface area contributed by atoms with Crippen molar-refractivity contribution >= 4 is 11.3 Å². The molecule has 2 unspecified atom stereocenters. The van der Waals surface area contributed by atoms with Crippen LogP contribution in [0.3, 0.4) is 0 Å². The summed E-state index contributed by atoms with van der Waals surface area (Å²) in [4.78, 5) is 18.5. The van der Waals surface area contributed by atoms with E-state index < -0.39 is 0 Å². The van der Waals surface area contributed by atoms with E-state index in [0.717, 1.165) is 41.5 Å². The lowest BCUT2D eigenvalue weighted by Crippen LogP contribution is -2.38. The number of aromatic amines is 1. The van der Waals surface area contributed by atoms with E-state index in [1.54, 1.807) is 7.11 Å². The number of piperidine rings is 1. The molecule has 2 atom stereocenters. The van der Waals surface area contributed by atoms with Gasteiger partial charge in [-0.15, -0.1) is 0 Å². The van der Waals surface area contributed by atoms with Crippen molar-refractivity contribution in [2.45, 2.75) is 26.8 Å². The zero-order valence-electron chi connectivity index (χ0n) is 14.0. The van der Waals surface area contributed by atoms with E-state index in [1.807, 2.05) is 24.3 Å². The summed E-state index contributed by atoms with van der Waals surface area (Å²) in [6.07, 6.45) is 1.29. The summed E-state index contributed by atoms with van der Waals surface area (Å²) in [6.45, 7) is 7.64. The second-order valence-electron chi connectivity index (χ2n) is 6.65. The van der Waals surface area contributed by atoms with Crippen LogP contribution in [0.25, 0.3) is 11.3 Å². The lowest BCUT2D eigenvalue weighted by molar-refractivity contribution is 0.135. The highest BCUT2D eigenvalue weighted by Gasteiger charge is 2.24. The van der Waals surface area contributed by atoms with Crippen LogP contribution >= 0.6 is 11.3 Å². The van der Waals surface area contributed by atoms with E-state index >= 15 is 0 Å². The van der Waals surface area contributed by atoms with Crippen molar-refractivity contribution in [2.24, 2.45) is 11.8 Å². The van der Waals surface area contributed by atoms with E-state index in [-0.39, 0.29) is 4.87 Å². The molecule has 4 nitrogen and oxygen atoms in total. The molecule has 0 spiro atoms. The van der Waals surface area contributed by atoms with Crippen LogP contribution in [0.2, 0.25) is 0 Å². The van der Waals surface area contributed by atoms with Gasteiger partial charge in [0.05, 0.1) is 12.8 Å². The van der Waals surface area contributed by atoms with Crippen LogP contribution in [0.5, 0.6) is 5.75 Å². The molecule has 1 aromatic carbocycles. The highest BCUT2D eigenvalue weighted by Crippen LogP contribution is 2.33. The monoisotopic (exact) mass is 332 g/mol. The minimum atomic E-state index is -0.000914. The fourth-order valence-corrected chi connectivity index (χ4v) is 4.55. The molecule has 1 aliphatic heterocycles. The first kappa shape index (κ1) is 16.3. The molecule has 5 heteroatoms. The number of hydrogen-bond donors (Lipinski definition) is 1. The Morgan fingerprint density at radius 1 is 1.26 bits per heavy atom. The minimum absolute atomic E-state index is 0.000914. The Morgan fingerprint density at radius 2 is 1.96 bits per heavy atom. The van der Waals surface area contributed by atoms with Gasteiger partial charge in [0.15, 0.2) is 0 Å². The summed E-state index contributed by atoms with van der Waals surface area (Å²) in [7, 11) is 1.66. The number of aromatic nitrogens is 1. The average molecular weight is 332 g/mol. The Hall–Kier alpha value is -1.59. The Morgan fingerprint density at radius 3 is 2.65 bits per heavy atom. The Bertz CT molecular complexity index is 712. The smallest absolute Gasteiger partial charge is 0.305 e. The largest absolute Gasteiger partial charge is 0.496 e. The maximum Gasteiger partial charge on any atom is 0.305 e. The number of methoxy groups -OCH3 is 1. The molecule has 1 N–H and O–H groups in total. The number of benzene rings is 1. The van der Waals surface area contributed by atoms with Gasteiger partial charge < -0.3 is 9.72 Å². The van der Waals surface area contributed by atoms with Gasteiger partial charge in [-0.1, -0.05) is 37.3 Å². The molecule has 1 aromatic heterocycles. The highest BCUT2D eigenvalue weighted by atomic mass is 32.1. The van der Waals surface area contributed by atoms with Crippen molar-refractivity contribution in [3.63, 3.8) is 0 Å². The average Bonchev–Trinajstić information content (AvgIpc) is 2.86. The van der Waals surface area contributed by atoms with Gasteiger partial charge >= 0.3 is 4.87 Å². The summed E-state index contributed by atoms with van der Waals surface area (Å²) >= 11 is 1.32. The van der Waals surface area contributed by atoms with E-state index in [9.17, 15) is 4.79 Å². The molecule has 0 amide bonds. The van der Waals surface area contributed by atoms with E-state index in [1.165, 1.54) is 17.8 Å². The third-order valence-electron chi connectivity index (χ3n) is 4.41. The molecule has 2 heterocycles. The zero-order chi connectivity index (χ0) is 16.4. The maximum absolute atomic E-state index is 12.0. The second kappa shape index (κ2) is 6.89. The number of nitrogens with zero attached hydrogens (tertiary/aromatic N) is 1. The molecule has 1 fully saturated rings. The summed E-state index contributed by atoms with van der Waals surface area (Å²) in [5.74, 6) is 2.22. The maximum atomic E-state index is 12.0. The Kier molecular flexibility index (Phi) is 4.87. The summed E-state index contributed by atoms with van der Waals surface area (Å²) in [5.41, 5.74) is 1.87. The van der Waals surface area contributed by atoms with Crippen LogP contribution in [0.15, 0.2) is 29.1 Å². The van der Waals surface area contributed by atoms with Crippen LogP contribution in [0, 0.1) is 11.8 Å². The molecule has 0 aliphatic carbocycles. The lowest BCUT2D eigenvalue weighted by Gasteiger charge is -2.34. The molecule has 0 radical (unpaired) electrons. The number of para-hydroxylation sites is 1. The number of rotatable bonds is 4. The number of nitrogens with one attached hydrogen (secondary N) is 1. The highest BCUT2D eigenvalue weighted by molar-refractivity contribution is 7.09. The van der Waals surface area contributed by atoms with Crippen LogP contribution in [-0.2, 0) is 6.54 Å². The van der Waals surface area contributed by atoms with Crippen molar-refractivity contribution in [1.82, 2.24) is 9.88 Å². The fourth-order valence-electron chi connectivity index (χ4n) is 3.66. The first-order chi connectivity index (χ1) is 11.1. The van der Waals surface area contributed by atoms with Gasteiger partial charge in [0.25, 0.3) is 0 Å². The van der Waals surface area contributed by atoms with E-state index in [0.29, 0.717) is 11.8 Å². The third kappa shape index (κ3) is 3.67. The molecule has 0 saturated carbocycles. The van der Waals surface area contributed by atoms with Gasteiger partial charge in [-0.05, 0) is 30.4 Å². The van der Waals surface area contributed by atoms with Gasteiger partial charge in [-0.2, -0.15) is 0 Å². The molecular formula is C18H24N2O2S. The van der Waals surface area contributed by atoms with E-state index in [4.69, 9.17) is 4.74 Å². The first-order valence-corrected chi connectivity index (χ1v) is 8.96. The Labute approximate surface area is 141 Å². The summed E-state index contributed by atoms with van der Waals surface area (Å²) in [6, 6.07) is 7.85. The van der Waals surface area contributed by atoms with Crippen molar-refractivity contribution in [2.75, 3.05) is 20.2 Å². The first-order valence-electron chi connectivity index (χ1n) is 8.14. The number of likely N-dealkylation sites (tertiary alicyclic amines) is 1. The Balaban J connectivity index is 1.90. The molecule has 1 aliphatic rings. The predicted molar refractivity (Wildman–Crippen MR) is 95.1 cm³/mol. The SMILES string of the molecule is COc1ccccc1-c1[nH]c(=O)sc1CN1CC(C)CC(C)C1. The van der Waals surface area contributed by atoms with Crippen molar-refractivity contribution < 1.29 is 4.74 Å². The van der Waals surface area contributed by atoms with Crippen LogP contribution in [0.4, 0.5) is 0 Å². The fraction of sp³-hybridized carbons (Fsp3) is 0.500. The topological polar surface area (TPSA) is 45.3 Å². The molecule has 0 bridgehead atoms. The molecule has 23 heavy (non-hydrogen) atoms. The van der Waals surface area contributed by atoms with Gasteiger partial charge in [-0.25, -0.2) is 0 Å². The van der Waals surface area contributed by atoms with Gasteiger partial charge in [0.2, 0.25) is 0 Å². The summed E-state index contributed by atoms with van der Waals surface area (Å²) in [5, 5.41) is 0. The molecule has 124 valence electrons. The van der Waals surface area contributed by atoms with Crippen LogP contribution in [-0.4, -0.2) is 30.1 Å². The standard InChI is InChI=1S/C18H24N2O2S/c1-12-8-13(2)10-20(9-12)11-16-17(19-18(21)23-16)14-6-4-5-7-15(14)22-3/h4-7,12-13H,8-11H2,1-3H3,(H,19,21). The minimum Gasteiger partial charge on any atom is -0.496 e. The van der Waals surface area contributed by atoms with Crippen molar-refractivity contribution in [1.29, 1.82) is 0 Å². The van der Waals surface area contributed by atoms with E-state index in [2.05, 4.69) is 23.7 Å². The number of ether oxygens (including phenoxy) is 1. The quantitative estimate of drug-likeness (QED) is 0.930. The zero-order valence-corrected chi connectivity index (χ0v) is 14.8. The normalized spacial score (nSPS) is 22.2. The molecule has 3 rings (SSSR count). The number of thiazole rings is 1. The van der Waals surface area contributed by atoms with Gasteiger partial charge in [0.1, 0.15) is 5.75 Å². The molecule has 1 saturated heterocycles. The van der Waals surface area contributed by atoms with Crippen molar-refractivity contribution in [3.05, 3.63) is 38.8 Å². The second-order valence-corrected chi connectivity index (χ2v) is 7.72. The number of H-pyrrole nitrogens is 1. The lowest BCUT2D eigenvalue weighted by atomic mass is 9.92. The number of hydrogen-bond acceptors (Lipinski definition) is 4. The van der Waals surface area contributed by atoms with Crippen LogP contribution < -0.4 is 9.61 Å². The van der Waals surface area contributed by atoms with Gasteiger partial charge in [-0.3, -0.25) is 9.69 Å². The van der Waals surface area contributed by atoms with Crippen molar-refractivity contribution in [3.8, 4) is 17.0 Å². The van der Waals surface area contributed by atoms with Crippen LogP contribution in [0.1, 0.15) is 25.1 Å². The molecule has 2 aromatic rings. The summed E-state index contributed by atoms with van der Waals surface area (Å²) < 4.78 is 5.46.